The molecule has 1 aliphatic carbocycles. The van der Waals surface area contributed by atoms with E-state index >= 15 is 0 Å². The maximum Gasteiger partial charge on any atom is 0.165 e. The van der Waals surface area contributed by atoms with Crippen LogP contribution in [0.3, 0.4) is 0 Å². The van der Waals surface area contributed by atoms with Gasteiger partial charge in [-0.3, -0.25) is 4.79 Å². The Hall–Kier alpha value is -1.55. The third-order valence-electron chi connectivity index (χ3n) is 5.45. The first-order valence-electron chi connectivity index (χ1n) is 7.71. The zero-order valence-electron chi connectivity index (χ0n) is 12.6. The average Bonchev–Trinajstić information content (AvgIpc) is 2.72. The predicted octanol–water partition coefficient (Wildman–Crippen LogP) is 2.28. The molecule has 4 nitrogen and oxygen atoms in total. The zero-order valence-corrected chi connectivity index (χ0v) is 12.6. The topological polar surface area (TPSA) is 38.8 Å². The molecule has 1 spiro atoms. The lowest BCUT2D eigenvalue weighted by Crippen LogP contribution is -2.44. The number of ketones is 1. The van der Waals surface area contributed by atoms with Gasteiger partial charge in [0.05, 0.1) is 7.11 Å². The molecule has 3 aliphatic rings. The van der Waals surface area contributed by atoms with Crippen molar-refractivity contribution in [1.29, 1.82) is 0 Å². The quantitative estimate of drug-likeness (QED) is 0.794. The molecule has 1 fully saturated rings. The Labute approximate surface area is 125 Å². The molecule has 0 saturated heterocycles. The largest absolute Gasteiger partial charge is 0.493 e. The van der Waals surface area contributed by atoms with Gasteiger partial charge in [0, 0.05) is 30.4 Å². The van der Waals surface area contributed by atoms with E-state index in [4.69, 9.17) is 9.47 Å². The molecule has 1 aromatic carbocycles. The minimum Gasteiger partial charge on any atom is -0.493 e. The Morgan fingerprint density at radius 2 is 2.24 bits per heavy atom. The lowest BCUT2D eigenvalue weighted by atomic mass is 9.65. The first-order valence-corrected chi connectivity index (χ1v) is 7.71. The molecule has 21 heavy (non-hydrogen) atoms. The van der Waals surface area contributed by atoms with Crippen LogP contribution in [-0.4, -0.2) is 37.5 Å². The van der Waals surface area contributed by atoms with E-state index in [-0.39, 0.29) is 11.5 Å². The van der Waals surface area contributed by atoms with Crippen LogP contribution in [0.4, 0.5) is 0 Å². The van der Waals surface area contributed by atoms with E-state index in [0.717, 1.165) is 37.4 Å². The summed E-state index contributed by atoms with van der Waals surface area (Å²) in [7, 11) is 3.85. The molecule has 2 aliphatic heterocycles. The molecule has 0 N–H and O–H groups in total. The van der Waals surface area contributed by atoms with E-state index in [2.05, 4.69) is 18.0 Å². The monoisotopic (exact) mass is 287 g/mol. The van der Waals surface area contributed by atoms with Crippen molar-refractivity contribution in [2.45, 2.75) is 43.7 Å². The maximum atomic E-state index is 11.9. The molecule has 4 heteroatoms. The van der Waals surface area contributed by atoms with E-state index in [9.17, 15) is 4.79 Å². The van der Waals surface area contributed by atoms with Crippen LogP contribution in [0.25, 0.3) is 0 Å². The normalized spacial score (nSPS) is 31.1. The highest BCUT2D eigenvalue weighted by atomic mass is 16.5. The smallest absolute Gasteiger partial charge is 0.165 e. The first kappa shape index (κ1) is 13.1. The van der Waals surface area contributed by atoms with E-state index in [1.807, 2.05) is 6.07 Å². The molecule has 1 saturated carbocycles. The number of Topliss-reactive ketones (excluding diaryl/α,β-unsaturated/α-hetero) is 1. The lowest BCUT2D eigenvalue weighted by molar-refractivity contribution is -0.124. The van der Waals surface area contributed by atoms with Gasteiger partial charge in [-0.25, -0.2) is 0 Å². The molecule has 2 heterocycles. The van der Waals surface area contributed by atoms with Crippen molar-refractivity contribution in [3.63, 3.8) is 0 Å². The fraction of sp³-hybridized carbons (Fsp3) is 0.588. The van der Waals surface area contributed by atoms with Gasteiger partial charge < -0.3 is 14.4 Å². The molecular weight excluding hydrogens is 266 g/mol. The predicted molar refractivity (Wildman–Crippen MR) is 78.9 cm³/mol. The number of rotatable bonds is 1. The molecular formula is C17H21NO3. The summed E-state index contributed by atoms with van der Waals surface area (Å²) < 4.78 is 11.7. The van der Waals surface area contributed by atoms with Crippen molar-refractivity contribution in [3.05, 3.63) is 23.3 Å². The summed E-state index contributed by atoms with van der Waals surface area (Å²) in [5.41, 5.74) is 2.67. The van der Waals surface area contributed by atoms with Crippen LogP contribution in [0.5, 0.6) is 11.5 Å². The van der Waals surface area contributed by atoms with Crippen molar-refractivity contribution >= 4 is 5.78 Å². The highest BCUT2D eigenvalue weighted by Crippen LogP contribution is 2.56. The van der Waals surface area contributed by atoms with Gasteiger partial charge in [0.1, 0.15) is 11.9 Å². The zero-order chi connectivity index (χ0) is 14.6. The number of hydrogen-bond acceptors (Lipinski definition) is 4. The van der Waals surface area contributed by atoms with E-state index in [0.29, 0.717) is 18.6 Å². The Kier molecular flexibility index (Phi) is 2.80. The number of methoxy groups -OCH3 is 1. The lowest BCUT2D eigenvalue weighted by Gasteiger charge is -2.37. The number of benzene rings is 1. The van der Waals surface area contributed by atoms with Gasteiger partial charge in [-0.05, 0) is 38.1 Å². The summed E-state index contributed by atoms with van der Waals surface area (Å²) >= 11 is 0. The maximum absolute atomic E-state index is 11.9. The molecule has 0 radical (unpaired) electrons. The Balaban J connectivity index is 1.92. The number of ether oxygens (including phenoxy) is 2. The first-order chi connectivity index (χ1) is 10.1. The van der Waals surface area contributed by atoms with Crippen LogP contribution < -0.4 is 9.47 Å². The summed E-state index contributed by atoms with van der Waals surface area (Å²) in [6.45, 7) is 1.99. The van der Waals surface area contributed by atoms with Crippen LogP contribution in [-0.2, 0) is 16.8 Å². The van der Waals surface area contributed by atoms with Crippen molar-refractivity contribution in [1.82, 2.24) is 4.90 Å². The Bertz CT molecular complexity index is 612. The van der Waals surface area contributed by atoms with E-state index in [1.165, 1.54) is 11.1 Å². The van der Waals surface area contributed by atoms with Crippen LogP contribution in [0, 0.1) is 0 Å². The summed E-state index contributed by atoms with van der Waals surface area (Å²) in [6, 6.07) is 4.17. The minimum absolute atomic E-state index is 0.00435. The second-order valence-corrected chi connectivity index (χ2v) is 6.62. The van der Waals surface area contributed by atoms with Gasteiger partial charge in [0.2, 0.25) is 0 Å². The van der Waals surface area contributed by atoms with Crippen molar-refractivity contribution in [2.75, 3.05) is 20.7 Å². The molecule has 2 atom stereocenters. The highest BCUT2D eigenvalue weighted by Gasteiger charge is 2.54. The number of hydrogen-bond donors (Lipinski definition) is 0. The summed E-state index contributed by atoms with van der Waals surface area (Å²) in [5, 5.41) is 0. The highest BCUT2D eigenvalue weighted by molar-refractivity contribution is 5.81. The van der Waals surface area contributed by atoms with E-state index < -0.39 is 0 Å². The summed E-state index contributed by atoms with van der Waals surface area (Å²) in [4.78, 5) is 14.3. The van der Waals surface area contributed by atoms with Crippen LogP contribution in [0.15, 0.2) is 12.1 Å². The van der Waals surface area contributed by atoms with E-state index in [1.54, 1.807) is 7.11 Å². The van der Waals surface area contributed by atoms with Gasteiger partial charge in [-0.1, -0.05) is 6.07 Å². The minimum atomic E-state index is -0.00435. The van der Waals surface area contributed by atoms with Crippen LogP contribution in [0.1, 0.15) is 36.8 Å². The van der Waals surface area contributed by atoms with Gasteiger partial charge in [-0.15, -0.1) is 0 Å². The summed E-state index contributed by atoms with van der Waals surface area (Å²) in [5.74, 6) is 2.03. The molecule has 1 aromatic rings. The SMILES string of the molecule is COc1ccc2c3c1O[C@H]1CC(=O)CC[C@]31CCN(C)C2. The third kappa shape index (κ3) is 1.75. The molecule has 0 bridgehead atoms. The number of carbonyl (C=O) groups is 1. The standard InChI is InChI=1S/C17H21NO3/c1-18-8-7-17-6-5-12(19)9-14(17)21-16-13(20-2)4-3-11(10-18)15(16)17/h3-4,14H,5-10H2,1-2H3/t14-,17+/m0/s1. The van der Waals surface area contributed by atoms with Gasteiger partial charge in [-0.2, -0.15) is 0 Å². The number of nitrogens with zero attached hydrogens (tertiary/aromatic N) is 1. The average molecular weight is 287 g/mol. The number of carbonyl (C=O) groups excluding carboxylic acids is 1. The molecule has 4 rings (SSSR count). The summed E-state index contributed by atoms with van der Waals surface area (Å²) in [6.07, 6.45) is 3.20. The molecule has 112 valence electrons. The van der Waals surface area contributed by atoms with Crippen LogP contribution in [0.2, 0.25) is 0 Å². The fourth-order valence-corrected chi connectivity index (χ4v) is 4.34. The van der Waals surface area contributed by atoms with Gasteiger partial charge >= 0.3 is 0 Å². The van der Waals surface area contributed by atoms with Gasteiger partial charge in [0.15, 0.2) is 11.5 Å². The molecule has 0 aromatic heterocycles. The molecule has 0 unspecified atom stereocenters. The van der Waals surface area contributed by atoms with Crippen molar-refractivity contribution in [3.8, 4) is 11.5 Å². The van der Waals surface area contributed by atoms with Gasteiger partial charge in [0.25, 0.3) is 0 Å². The molecule has 0 amide bonds. The van der Waals surface area contributed by atoms with Crippen molar-refractivity contribution in [2.24, 2.45) is 0 Å². The third-order valence-corrected chi connectivity index (χ3v) is 5.45. The second-order valence-electron chi connectivity index (χ2n) is 6.62. The Morgan fingerprint density at radius 1 is 1.38 bits per heavy atom. The van der Waals surface area contributed by atoms with Crippen LogP contribution >= 0.6 is 0 Å². The Morgan fingerprint density at radius 3 is 3.05 bits per heavy atom. The van der Waals surface area contributed by atoms with Crippen molar-refractivity contribution < 1.29 is 14.3 Å². The fourth-order valence-electron chi connectivity index (χ4n) is 4.34. The second kappa shape index (κ2) is 4.47.